The molecule has 1 amide bonds. The first-order chi connectivity index (χ1) is 8.63. The molecule has 1 aromatic rings. The highest BCUT2D eigenvalue weighted by Crippen LogP contribution is 2.25. The molecule has 19 heavy (non-hydrogen) atoms. The van der Waals surface area contributed by atoms with Crippen molar-refractivity contribution in [2.45, 2.75) is 51.9 Å². The number of nitrogens with two attached hydrogens (primary N) is 1. The Labute approximate surface area is 125 Å². The molecule has 1 rings (SSSR count). The van der Waals surface area contributed by atoms with Crippen molar-refractivity contribution in [3.05, 3.63) is 11.1 Å². The summed E-state index contributed by atoms with van der Waals surface area (Å²) in [6.07, 6.45) is 6.56. The van der Waals surface area contributed by atoms with Crippen molar-refractivity contribution in [3.8, 4) is 0 Å². The molecule has 0 aliphatic heterocycles. The lowest BCUT2D eigenvalue weighted by atomic mass is 10.1. The lowest BCUT2D eigenvalue weighted by Gasteiger charge is -2.02. The maximum absolute atomic E-state index is 11.7. The van der Waals surface area contributed by atoms with Crippen molar-refractivity contribution in [2.75, 3.05) is 11.9 Å². The average Bonchev–Trinajstić information content (AvgIpc) is 2.77. The first-order valence-electron chi connectivity index (χ1n) is 6.59. The summed E-state index contributed by atoms with van der Waals surface area (Å²) in [4.78, 5) is 17.1. The highest BCUT2D eigenvalue weighted by atomic mass is 35.5. The molecule has 0 aliphatic carbocycles. The normalized spacial score (nSPS) is 10.3. The van der Waals surface area contributed by atoms with Gasteiger partial charge in [-0.2, -0.15) is 0 Å². The maximum Gasteiger partial charge on any atom is 0.226 e. The van der Waals surface area contributed by atoms with Gasteiger partial charge in [-0.15, -0.1) is 23.7 Å². The van der Waals surface area contributed by atoms with Gasteiger partial charge in [-0.1, -0.05) is 26.7 Å². The number of halogens is 1. The van der Waals surface area contributed by atoms with Crippen molar-refractivity contribution < 1.29 is 4.79 Å². The van der Waals surface area contributed by atoms with Gasteiger partial charge in [0.2, 0.25) is 5.91 Å². The zero-order chi connectivity index (χ0) is 13.4. The number of unbranched alkanes of at least 4 members (excludes halogenated alkanes) is 3. The molecule has 0 atom stereocenters. The molecule has 0 aliphatic rings. The molecule has 6 heteroatoms. The lowest BCUT2D eigenvalue weighted by Crippen LogP contribution is -2.10. The van der Waals surface area contributed by atoms with E-state index in [0.29, 0.717) is 17.5 Å². The quantitative estimate of drug-likeness (QED) is 0.722. The van der Waals surface area contributed by atoms with E-state index >= 15 is 0 Å². The molecule has 110 valence electrons. The van der Waals surface area contributed by atoms with Gasteiger partial charge in [0.1, 0.15) is 0 Å². The van der Waals surface area contributed by atoms with Crippen LogP contribution < -0.4 is 11.1 Å². The molecule has 3 N–H and O–H groups in total. The topological polar surface area (TPSA) is 68.0 Å². The van der Waals surface area contributed by atoms with Gasteiger partial charge in [0.25, 0.3) is 0 Å². The summed E-state index contributed by atoms with van der Waals surface area (Å²) in [5.74, 6) is 0.525. The number of aromatic nitrogens is 1. The molecular formula is C13H24ClN3OS. The van der Waals surface area contributed by atoms with E-state index < -0.39 is 0 Å². The van der Waals surface area contributed by atoms with Gasteiger partial charge in [-0.05, 0) is 25.3 Å². The minimum atomic E-state index is 0. The molecular weight excluding hydrogens is 282 g/mol. The average molecular weight is 306 g/mol. The van der Waals surface area contributed by atoms with E-state index in [-0.39, 0.29) is 18.3 Å². The third kappa shape index (κ3) is 7.50. The third-order valence-corrected chi connectivity index (χ3v) is 3.91. The first-order valence-corrected chi connectivity index (χ1v) is 7.40. The van der Waals surface area contributed by atoms with Gasteiger partial charge < -0.3 is 11.1 Å². The van der Waals surface area contributed by atoms with Crippen LogP contribution in [0.2, 0.25) is 0 Å². The van der Waals surface area contributed by atoms with Gasteiger partial charge in [-0.25, -0.2) is 4.98 Å². The minimum absolute atomic E-state index is 0. The number of amides is 1. The summed E-state index contributed by atoms with van der Waals surface area (Å²) < 4.78 is 0. The number of carbonyl (C=O) groups excluding carboxylic acids is 1. The maximum atomic E-state index is 11.7. The van der Waals surface area contributed by atoms with E-state index in [0.717, 1.165) is 32.2 Å². The number of hydrogen-bond acceptors (Lipinski definition) is 4. The van der Waals surface area contributed by atoms with Gasteiger partial charge in [-0.3, -0.25) is 4.79 Å². The Balaban J connectivity index is 0.00000324. The van der Waals surface area contributed by atoms with Crippen LogP contribution >= 0.6 is 23.7 Å². The summed E-state index contributed by atoms with van der Waals surface area (Å²) in [7, 11) is 0. The second-order valence-electron chi connectivity index (χ2n) is 4.72. The summed E-state index contributed by atoms with van der Waals surface area (Å²) in [6.45, 7) is 4.98. The Bertz CT molecular complexity index is 369. The highest BCUT2D eigenvalue weighted by Gasteiger charge is 2.08. The van der Waals surface area contributed by atoms with Crippen LogP contribution in [0, 0.1) is 0 Å². The van der Waals surface area contributed by atoms with E-state index in [1.54, 1.807) is 11.3 Å². The van der Waals surface area contributed by atoms with Crippen LogP contribution in [0.4, 0.5) is 5.13 Å². The Morgan fingerprint density at radius 2 is 2.05 bits per heavy atom. The van der Waals surface area contributed by atoms with Crippen LogP contribution in [0.1, 0.15) is 56.7 Å². The fourth-order valence-electron chi connectivity index (χ4n) is 1.58. The fraction of sp³-hybridized carbons (Fsp3) is 0.692. The molecule has 0 unspecified atom stereocenters. The van der Waals surface area contributed by atoms with Crippen LogP contribution in [0.5, 0.6) is 0 Å². The Hall–Kier alpha value is -0.650. The molecule has 0 bridgehead atoms. The SMILES string of the molecule is CC(C)c1cnc(NC(=O)CCCCCCN)s1.Cl. The molecule has 0 fully saturated rings. The number of anilines is 1. The van der Waals surface area contributed by atoms with E-state index in [1.807, 2.05) is 6.20 Å². The molecule has 1 heterocycles. The second-order valence-corrected chi connectivity index (χ2v) is 5.79. The summed E-state index contributed by atoms with van der Waals surface area (Å²) in [6, 6.07) is 0. The molecule has 0 saturated carbocycles. The van der Waals surface area contributed by atoms with E-state index in [4.69, 9.17) is 5.73 Å². The van der Waals surface area contributed by atoms with Crippen molar-refractivity contribution in [2.24, 2.45) is 5.73 Å². The Morgan fingerprint density at radius 1 is 1.37 bits per heavy atom. The second kappa shape index (κ2) is 10.2. The molecule has 0 spiro atoms. The first kappa shape index (κ1) is 18.4. The van der Waals surface area contributed by atoms with Crippen molar-refractivity contribution in [1.29, 1.82) is 0 Å². The zero-order valence-electron chi connectivity index (χ0n) is 11.6. The lowest BCUT2D eigenvalue weighted by molar-refractivity contribution is -0.116. The van der Waals surface area contributed by atoms with Crippen LogP contribution in [0.3, 0.4) is 0 Å². The smallest absolute Gasteiger partial charge is 0.226 e. The monoisotopic (exact) mass is 305 g/mol. The molecule has 1 aromatic heterocycles. The van der Waals surface area contributed by atoms with Gasteiger partial charge in [0, 0.05) is 17.5 Å². The van der Waals surface area contributed by atoms with Crippen LogP contribution in [0.15, 0.2) is 6.20 Å². The number of rotatable bonds is 8. The van der Waals surface area contributed by atoms with E-state index in [1.165, 1.54) is 4.88 Å². The highest BCUT2D eigenvalue weighted by molar-refractivity contribution is 7.15. The summed E-state index contributed by atoms with van der Waals surface area (Å²) in [5, 5.41) is 3.57. The van der Waals surface area contributed by atoms with E-state index in [2.05, 4.69) is 24.1 Å². The Kier molecular flexibility index (Phi) is 9.83. The van der Waals surface area contributed by atoms with Crippen molar-refractivity contribution >= 4 is 34.8 Å². The molecule has 0 aromatic carbocycles. The van der Waals surface area contributed by atoms with Crippen molar-refractivity contribution in [3.63, 3.8) is 0 Å². The molecule has 0 saturated heterocycles. The van der Waals surface area contributed by atoms with Gasteiger partial charge in [0.15, 0.2) is 5.13 Å². The zero-order valence-corrected chi connectivity index (χ0v) is 13.3. The number of hydrogen-bond donors (Lipinski definition) is 2. The fourth-order valence-corrected chi connectivity index (χ4v) is 2.41. The number of carbonyl (C=O) groups is 1. The summed E-state index contributed by atoms with van der Waals surface area (Å²) in [5.41, 5.74) is 5.41. The molecule has 4 nitrogen and oxygen atoms in total. The summed E-state index contributed by atoms with van der Waals surface area (Å²) >= 11 is 1.56. The van der Waals surface area contributed by atoms with Gasteiger partial charge in [0.05, 0.1) is 0 Å². The Morgan fingerprint density at radius 3 is 2.63 bits per heavy atom. The number of thiazole rings is 1. The van der Waals surface area contributed by atoms with Crippen molar-refractivity contribution in [1.82, 2.24) is 4.98 Å². The predicted octanol–water partition coefficient (Wildman–Crippen LogP) is 3.54. The largest absolute Gasteiger partial charge is 0.330 e. The van der Waals surface area contributed by atoms with Crippen LogP contribution in [0.25, 0.3) is 0 Å². The number of nitrogens with one attached hydrogen (secondary N) is 1. The third-order valence-electron chi connectivity index (χ3n) is 2.70. The van der Waals surface area contributed by atoms with Gasteiger partial charge >= 0.3 is 0 Å². The van der Waals surface area contributed by atoms with E-state index in [9.17, 15) is 4.79 Å². The standard InChI is InChI=1S/C13H23N3OS.ClH/c1-10(2)11-9-15-13(18-11)16-12(17)7-5-3-4-6-8-14;/h9-10H,3-8,14H2,1-2H3,(H,15,16,17);1H. The predicted molar refractivity (Wildman–Crippen MR) is 84.2 cm³/mol. The molecule has 0 radical (unpaired) electrons. The number of nitrogens with zero attached hydrogens (tertiary/aromatic N) is 1. The van der Waals surface area contributed by atoms with Crippen LogP contribution in [-0.4, -0.2) is 17.4 Å². The minimum Gasteiger partial charge on any atom is -0.330 e. The van der Waals surface area contributed by atoms with Crippen LogP contribution in [-0.2, 0) is 4.79 Å².